The Morgan fingerprint density at radius 3 is 2.61 bits per heavy atom. The third-order valence-corrected chi connectivity index (χ3v) is 7.29. The van der Waals surface area contributed by atoms with Crippen molar-refractivity contribution in [3.05, 3.63) is 52.2 Å². The number of halogens is 3. The molecule has 33 heavy (non-hydrogen) atoms. The van der Waals surface area contributed by atoms with Gasteiger partial charge in [-0.3, -0.25) is 9.48 Å². The van der Waals surface area contributed by atoms with Crippen LogP contribution in [0.5, 0.6) is 0 Å². The van der Waals surface area contributed by atoms with Gasteiger partial charge in [-0.05, 0) is 49.1 Å². The average molecular weight is 485 g/mol. The smallest absolute Gasteiger partial charge is 0.321 e. The molecule has 1 aliphatic heterocycles. The summed E-state index contributed by atoms with van der Waals surface area (Å²) in [5.41, 5.74) is 7.19. The first-order chi connectivity index (χ1) is 15.5. The number of sulfonamides is 1. The molecule has 3 rings (SSSR count). The van der Waals surface area contributed by atoms with Gasteiger partial charge >= 0.3 is 6.18 Å². The van der Waals surface area contributed by atoms with Gasteiger partial charge in [0.15, 0.2) is 5.69 Å². The quantitative estimate of drug-likeness (QED) is 0.361. The number of amides is 1. The zero-order chi connectivity index (χ0) is 24.2. The lowest BCUT2D eigenvalue weighted by molar-refractivity contribution is -0.141. The van der Waals surface area contributed by atoms with E-state index in [2.05, 4.69) is 20.4 Å². The van der Waals surface area contributed by atoms with Crippen molar-refractivity contribution in [3.63, 3.8) is 0 Å². The van der Waals surface area contributed by atoms with Gasteiger partial charge in [0.1, 0.15) is 5.69 Å². The van der Waals surface area contributed by atoms with Crippen LogP contribution in [-0.2, 0) is 23.2 Å². The summed E-state index contributed by atoms with van der Waals surface area (Å²) in [7, 11) is -2.60. The largest absolute Gasteiger partial charge is 0.435 e. The number of carbonyl (C=O) groups excluding carboxylic acids is 1. The monoisotopic (exact) mass is 485 g/mol. The number of aromatic nitrogens is 2. The van der Waals surface area contributed by atoms with Crippen LogP contribution in [0, 0.1) is 0 Å². The number of hydrogen-bond donors (Lipinski definition) is 1. The summed E-state index contributed by atoms with van der Waals surface area (Å²) in [4.78, 5) is 15.1. The maximum Gasteiger partial charge on any atom is 0.435 e. The van der Waals surface area contributed by atoms with Gasteiger partial charge in [-0.1, -0.05) is 11.5 Å². The number of hydrogen-bond acceptors (Lipinski definition) is 5. The van der Waals surface area contributed by atoms with Crippen molar-refractivity contribution in [1.82, 2.24) is 14.1 Å². The summed E-state index contributed by atoms with van der Waals surface area (Å²) in [5.74, 6) is -0.815. The molecule has 10 nitrogen and oxygen atoms in total. The molecule has 178 valence electrons. The number of nitrogens with zero attached hydrogens (tertiary/aromatic N) is 6. The average Bonchev–Trinajstić information content (AvgIpc) is 3.17. The molecular weight excluding hydrogens is 463 g/mol. The number of azide groups is 1. The Morgan fingerprint density at radius 1 is 1.30 bits per heavy atom. The van der Waals surface area contributed by atoms with Gasteiger partial charge in [0.2, 0.25) is 10.0 Å². The molecule has 1 saturated heterocycles. The number of alkyl halides is 3. The van der Waals surface area contributed by atoms with Crippen molar-refractivity contribution >= 4 is 21.6 Å². The fraction of sp³-hybridized carbons (Fsp3) is 0.474. The number of benzene rings is 1. The third kappa shape index (κ3) is 5.64. The first kappa shape index (κ1) is 24.6. The molecule has 0 saturated carbocycles. The molecular formula is C19H22F3N7O3S. The maximum absolute atomic E-state index is 13.1. The molecule has 1 atom stereocenters. The van der Waals surface area contributed by atoms with Crippen LogP contribution in [0.4, 0.5) is 18.9 Å². The van der Waals surface area contributed by atoms with Crippen molar-refractivity contribution in [2.75, 3.05) is 18.4 Å². The number of anilines is 1. The Hall–Kier alpha value is -3.09. The Morgan fingerprint density at radius 2 is 2.00 bits per heavy atom. The summed E-state index contributed by atoms with van der Waals surface area (Å²) in [6.07, 6.45) is -2.00. The highest BCUT2D eigenvalue weighted by Gasteiger charge is 2.36. The van der Waals surface area contributed by atoms with Crippen LogP contribution >= 0.6 is 0 Å². The molecule has 2 heterocycles. The Labute approximate surface area is 188 Å². The summed E-state index contributed by atoms with van der Waals surface area (Å²) in [6, 6.07) is 5.75. The van der Waals surface area contributed by atoms with E-state index in [1.165, 1.54) is 35.6 Å². The van der Waals surface area contributed by atoms with Crippen molar-refractivity contribution in [1.29, 1.82) is 0 Å². The predicted octanol–water partition coefficient (Wildman–Crippen LogP) is 3.93. The predicted molar refractivity (Wildman–Crippen MR) is 113 cm³/mol. The van der Waals surface area contributed by atoms with Crippen LogP contribution in [0.15, 0.2) is 40.3 Å². The summed E-state index contributed by atoms with van der Waals surface area (Å²) >= 11 is 0. The number of nitrogens with one attached hydrogen (secondary N) is 1. The minimum absolute atomic E-state index is 0.0241. The zero-order valence-electron chi connectivity index (χ0n) is 17.7. The van der Waals surface area contributed by atoms with Gasteiger partial charge in [-0.2, -0.15) is 22.6 Å². The van der Waals surface area contributed by atoms with Crippen LogP contribution in [0.25, 0.3) is 10.4 Å². The van der Waals surface area contributed by atoms with Crippen LogP contribution < -0.4 is 5.32 Å². The Balaban J connectivity index is 1.74. The first-order valence-electron chi connectivity index (χ1n) is 10.1. The molecule has 0 spiro atoms. The topological polar surface area (TPSA) is 133 Å². The van der Waals surface area contributed by atoms with E-state index >= 15 is 0 Å². The SMILES string of the molecule is Cn1nc(C(F)(F)F)cc1C(=O)Nc1ccc(S(=O)(=O)N2CCCCC2CCN=[N+]=[N-])cc1. The number of piperidine rings is 1. The lowest BCUT2D eigenvalue weighted by atomic mass is 10.0. The molecule has 1 N–H and O–H groups in total. The molecule has 14 heteroatoms. The highest BCUT2D eigenvalue weighted by atomic mass is 32.2. The molecule has 1 aliphatic rings. The minimum Gasteiger partial charge on any atom is -0.321 e. The van der Waals surface area contributed by atoms with Crippen LogP contribution in [0.1, 0.15) is 41.9 Å². The van der Waals surface area contributed by atoms with Gasteiger partial charge in [0.25, 0.3) is 5.91 Å². The second-order valence-corrected chi connectivity index (χ2v) is 9.41. The van der Waals surface area contributed by atoms with E-state index in [1.807, 2.05) is 0 Å². The highest BCUT2D eigenvalue weighted by Crippen LogP contribution is 2.29. The first-order valence-corrected chi connectivity index (χ1v) is 11.5. The van der Waals surface area contributed by atoms with E-state index < -0.39 is 27.8 Å². The van der Waals surface area contributed by atoms with Gasteiger partial charge < -0.3 is 5.32 Å². The molecule has 1 unspecified atom stereocenters. The lowest BCUT2D eigenvalue weighted by Crippen LogP contribution is -2.43. The molecule has 1 aromatic heterocycles. The standard InChI is InChI=1S/C19H22F3N7O3S/c1-28-16(12-17(26-28)19(20,21)22)18(30)25-13-5-7-15(8-6-13)33(31,32)29-11-3-2-4-14(29)9-10-24-27-23/h5-8,12,14H,2-4,9-11H2,1H3,(H,25,30). The van der Waals surface area contributed by atoms with E-state index in [4.69, 9.17) is 5.53 Å². The summed E-state index contributed by atoms with van der Waals surface area (Å²) < 4.78 is 66.9. The molecule has 1 aromatic carbocycles. The van der Waals surface area contributed by atoms with E-state index in [0.29, 0.717) is 25.5 Å². The molecule has 1 amide bonds. The normalized spacial score (nSPS) is 17.4. The van der Waals surface area contributed by atoms with Gasteiger partial charge in [0.05, 0.1) is 4.90 Å². The molecule has 1 fully saturated rings. The molecule has 0 aliphatic carbocycles. The summed E-state index contributed by atoms with van der Waals surface area (Å²) in [5, 5.41) is 9.23. The van der Waals surface area contributed by atoms with Gasteiger partial charge in [-0.15, -0.1) is 0 Å². The van der Waals surface area contributed by atoms with E-state index in [-0.39, 0.29) is 28.9 Å². The van der Waals surface area contributed by atoms with Gasteiger partial charge in [0, 0.05) is 42.8 Å². The maximum atomic E-state index is 13.1. The number of aryl methyl sites for hydroxylation is 1. The highest BCUT2D eigenvalue weighted by molar-refractivity contribution is 7.89. The van der Waals surface area contributed by atoms with Crippen molar-refractivity contribution in [3.8, 4) is 0 Å². The summed E-state index contributed by atoms with van der Waals surface area (Å²) in [6.45, 7) is 0.548. The van der Waals surface area contributed by atoms with Crippen LogP contribution in [-0.4, -0.2) is 47.5 Å². The minimum atomic E-state index is -4.68. The number of carbonyl (C=O) groups is 1. The van der Waals surface area contributed by atoms with Crippen LogP contribution in [0.3, 0.4) is 0 Å². The zero-order valence-corrected chi connectivity index (χ0v) is 18.5. The van der Waals surface area contributed by atoms with E-state index in [9.17, 15) is 26.4 Å². The second-order valence-electron chi connectivity index (χ2n) is 7.52. The number of rotatable bonds is 7. The Bertz CT molecular complexity index is 1160. The lowest BCUT2D eigenvalue weighted by Gasteiger charge is -2.34. The van der Waals surface area contributed by atoms with Crippen LogP contribution in [0.2, 0.25) is 0 Å². The molecule has 0 bridgehead atoms. The second kappa shape index (κ2) is 9.81. The molecule has 2 aromatic rings. The van der Waals surface area contributed by atoms with E-state index in [0.717, 1.165) is 17.5 Å². The Kier molecular flexibility index (Phi) is 7.30. The van der Waals surface area contributed by atoms with E-state index in [1.54, 1.807) is 0 Å². The fourth-order valence-corrected chi connectivity index (χ4v) is 5.41. The van der Waals surface area contributed by atoms with Gasteiger partial charge in [-0.25, -0.2) is 8.42 Å². The fourth-order valence-electron chi connectivity index (χ4n) is 3.69. The van der Waals surface area contributed by atoms with Crippen molar-refractivity contribution in [2.45, 2.75) is 42.8 Å². The van der Waals surface area contributed by atoms with Crippen molar-refractivity contribution in [2.24, 2.45) is 12.2 Å². The van der Waals surface area contributed by atoms with Crippen molar-refractivity contribution < 1.29 is 26.4 Å². The third-order valence-electron chi connectivity index (χ3n) is 5.32. The molecule has 0 radical (unpaired) electrons.